The van der Waals surface area contributed by atoms with Gasteiger partial charge in [-0.15, -0.1) is 0 Å². The van der Waals surface area contributed by atoms with Crippen LogP contribution in [0.5, 0.6) is 0 Å². The quantitative estimate of drug-likeness (QED) is 0.201. The van der Waals surface area contributed by atoms with Crippen LogP contribution < -0.4 is 0 Å². The van der Waals surface area contributed by atoms with Gasteiger partial charge in [0, 0.05) is 5.41 Å². The second-order valence-corrected chi connectivity index (χ2v) is 14.8. The fourth-order valence-corrected chi connectivity index (χ4v) is 10.4. The standard InChI is InChI=1S/C34H52O10/c1-17(5-10-25(18(2)31(40)41-4)43-32-29(39)28(38)27(37)26(15-35)44-32)20-8-9-21-19-6-7-23-30-24(36)12-14-34(23,16-42-30)22(19)11-13-33(20,21)3/h5-6,10,17-18,20-30,32,35-39H,7-9,11-16H2,1-4H3/b10-5+/t17?,18?,20?,21-,22-,23-,24-,25?,26?,27?,28?,29?,30+,32?,33+,34-/m0/s1. The highest BCUT2D eigenvalue weighted by molar-refractivity contribution is 5.72. The molecule has 10 nitrogen and oxygen atoms in total. The normalized spacial score (nSPS) is 48.6. The molecule has 0 amide bonds. The highest BCUT2D eigenvalue weighted by Crippen LogP contribution is 2.68. The van der Waals surface area contributed by atoms with Gasteiger partial charge in [0.2, 0.25) is 0 Å². The summed E-state index contributed by atoms with van der Waals surface area (Å²) in [6, 6.07) is 0. The molecule has 4 aliphatic carbocycles. The summed E-state index contributed by atoms with van der Waals surface area (Å²) < 4.78 is 22.9. The number of rotatable bonds is 8. The first-order chi connectivity index (χ1) is 21.0. The molecule has 9 unspecified atom stereocenters. The van der Waals surface area contributed by atoms with E-state index in [4.69, 9.17) is 18.9 Å². The molecule has 2 bridgehead atoms. The molecule has 5 N–H and O–H groups in total. The highest BCUT2D eigenvalue weighted by Gasteiger charge is 2.64. The molecule has 0 aromatic heterocycles. The Labute approximate surface area is 260 Å². The summed E-state index contributed by atoms with van der Waals surface area (Å²) >= 11 is 0. The summed E-state index contributed by atoms with van der Waals surface area (Å²) in [5, 5.41) is 51.2. The minimum Gasteiger partial charge on any atom is -0.469 e. The molecule has 0 radical (unpaired) electrons. The van der Waals surface area contributed by atoms with Crippen molar-refractivity contribution in [2.75, 3.05) is 20.3 Å². The molecular weight excluding hydrogens is 568 g/mol. The van der Waals surface area contributed by atoms with Crippen LogP contribution in [0.15, 0.2) is 23.8 Å². The topological polar surface area (TPSA) is 155 Å². The minimum atomic E-state index is -1.57. The lowest BCUT2D eigenvalue weighted by Gasteiger charge is -2.56. The van der Waals surface area contributed by atoms with Gasteiger partial charge in [-0.05, 0) is 86.9 Å². The van der Waals surface area contributed by atoms with E-state index in [2.05, 4.69) is 26.0 Å². The van der Waals surface area contributed by atoms with Crippen LogP contribution in [0.2, 0.25) is 0 Å². The van der Waals surface area contributed by atoms with Crippen LogP contribution in [-0.4, -0.2) is 101 Å². The molecule has 10 heteroatoms. The van der Waals surface area contributed by atoms with Gasteiger partial charge in [-0.25, -0.2) is 0 Å². The summed E-state index contributed by atoms with van der Waals surface area (Å²) in [5.41, 5.74) is 1.96. The minimum absolute atomic E-state index is 0.0122. The maximum atomic E-state index is 12.6. The van der Waals surface area contributed by atoms with E-state index in [9.17, 15) is 30.3 Å². The van der Waals surface area contributed by atoms with E-state index < -0.39 is 55.3 Å². The Kier molecular flexibility index (Phi) is 9.13. The van der Waals surface area contributed by atoms with Crippen molar-refractivity contribution >= 4 is 5.97 Å². The Morgan fingerprint density at radius 1 is 1.05 bits per heavy atom. The smallest absolute Gasteiger partial charge is 0.311 e. The maximum absolute atomic E-state index is 12.6. The first kappa shape index (κ1) is 32.6. The molecule has 16 atom stereocenters. The van der Waals surface area contributed by atoms with Crippen molar-refractivity contribution < 1.29 is 49.3 Å². The van der Waals surface area contributed by atoms with Gasteiger partial charge in [0.25, 0.3) is 0 Å². The molecule has 2 aliphatic heterocycles. The Bertz CT molecular complexity index is 1120. The van der Waals surface area contributed by atoms with Crippen LogP contribution in [0.25, 0.3) is 0 Å². The van der Waals surface area contributed by atoms with E-state index in [1.54, 1.807) is 12.5 Å². The van der Waals surface area contributed by atoms with Crippen LogP contribution in [0.3, 0.4) is 0 Å². The third-order valence-corrected chi connectivity index (χ3v) is 12.9. The largest absolute Gasteiger partial charge is 0.469 e. The van der Waals surface area contributed by atoms with Gasteiger partial charge < -0.3 is 44.5 Å². The SMILES string of the molecule is COC(=O)C(C)C(/C=C/C(C)C1CC[C@H]2C3=CC[C@H]4[C@H]5OC[C@@]4(CC[C@@H]5O)[C@H]3CC[C@]12C)OC1OC(CO)C(O)C(O)C1O. The number of carbonyl (C=O) groups excluding carboxylic acids is 1. The second-order valence-electron chi connectivity index (χ2n) is 14.8. The van der Waals surface area contributed by atoms with E-state index in [0.29, 0.717) is 23.7 Å². The van der Waals surface area contributed by atoms with Crippen LogP contribution in [0.1, 0.15) is 65.7 Å². The van der Waals surface area contributed by atoms with Gasteiger partial charge in [0.1, 0.15) is 24.4 Å². The zero-order valence-corrected chi connectivity index (χ0v) is 26.5. The number of allylic oxidation sites excluding steroid dienone is 3. The van der Waals surface area contributed by atoms with Gasteiger partial charge in [-0.3, -0.25) is 4.79 Å². The van der Waals surface area contributed by atoms with Gasteiger partial charge in [0.05, 0.1) is 44.6 Å². The maximum Gasteiger partial charge on any atom is 0.311 e. The molecule has 2 saturated heterocycles. The third kappa shape index (κ3) is 5.12. The summed E-state index contributed by atoms with van der Waals surface area (Å²) in [6.45, 7) is 6.56. The van der Waals surface area contributed by atoms with Crippen molar-refractivity contribution in [3.63, 3.8) is 0 Å². The van der Waals surface area contributed by atoms with E-state index in [-0.39, 0.29) is 29.0 Å². The summed E-state index contributed by atoms with van der Waals surface area (Å²) in [6.07, 6.45) is 5.63. The first-order valence-corrected chi connectivity index (χ1v) is 16.7. The number of carbonyl (C=O) groups is 1. The lowest BCUT2D eigenvalue weighted by Crippen LogP contribution is -2.60. The molecule has 44 heavy (non-hydrogen) atoms. The number of aliphatic hydroxyl groups is 5. The molecular formula is C34H52O10. The molecule has 0 aromatic carbocycles. The zero-order chi connectivity index (χ0) is 31.6. The molecule has 3 saturated carbocycles. The second kappa shape index (κ2) is 12.3. The molecule has 6 aliphatic rings. The average molecular weight is 621 g/mol. The number of ether oxygens (including phenoxy) is 4. The van der Waals surface area contributed by atoms with E-state index in [0.717, 1.165) is 51.6 Å². The molecule has 2 heterocycles. The predicted octanol–water partition coefficient (Wildman–Crippen LogP) is 2.10. The Morgan fingerprint density at radius 2 is 1.82 bits per heavy atom. The monoisotopic (exact) mass is 620 g/mol. The van der Waals surface area contributed by atoms with Crippen molar-refractivity contribution in [2.45, 2.75) is 115 Å². The van der Waals surface area contributed by atoms with Crippen molar-refractivity contribution in [3.8, 4) is 0 Å². The molecule has 6 rings (SSSR count). The van der Waals surface area contributed by atoms with Gasteiger partial charge in [0.15, 0.2) is 6.29 Å². The van der Waals surface area contributed by atoms with Gasteiger partial charge in [-0.2, -0.15) is 0 Å². The lowest BCUT2D eigenvalue weighted by molar-refractivity contribution is -0.310. The van der Waals surface area contributed by atoms with Crippen molar-refractivity contribution in [1.82, 2.24) is 0 Å². The fraction of sp³-hybridized carbons (Fsp3) is 0.853. The number of hydrogen-bond acceptors (Lipinski definition) is 10. The van der Waals surface area contributed by atoms with Crippen LogP contribution in [0.4, 0.5) is 0 Å². The van der Waals surface area contributed by atoms with E-state index >= 15 is 0 Å². The molecule has 0 spiro atoms. The summed E-state index contributed by atoms with van der Waals surface area (Å²) in [5.74, 6) is 0.898. The highest BCUT2D eigenvalue weighted by atomic mass is 16.7. The number of fused-ring (bicyclic) bond motifs is 3. The first-order valence-electron chi connectivity index (χ1n) is 16.7. The Balaban J connectivity index is 1.18. The van der Waals surface area contributed by atoms with Crippen LogP contribution in [0, 0.1) is 46.3 Å². The van der Waals surface area contributed by atoms with Crippen LogP contribution >= 0.6 is 0 Å². The van der Waals surface area contributed by atoms with Gasteiger partial charge in [-0.1, -0.05) is 37.6 Å². The zero-order valence-electron chi connectivity index (χ0n) is 26.5. The predicted molar refractivity (Wildman–Crippen MR) is 159 cm³/mol. The lowest BCUT2D eigenvalue weighted by atomic mass is 9.47. The molecule has 0 aromatic rings. The van der Waals surface area contributed by atoms with Crippen LogP contribution in [-0.2, 0) is 23.7 Å². The number of methoxy groups -OCH3 is 1. The summed E-state index contributed by atoms with van der Waals surface area (Å²) in [4.78, 5) is 12.6. The van der Waals surface area contributed by atoms with Crippen molar-refractivity contribution in [3.05, 3.63) is 23.8 Å². The molecule has 248 valence electrons. The van der Waals surface area contributed by atoms with Gasteiger partial charge >= 0.3 is 5.97 Å². The fourth-order valence-electron chi connectivity index (χ4n) is 10.4. The van der Waals surface area contributed by atoms with Crippen molar-refractivity contribution in [2.24, 2.45) is 46.3 Å². The molecule has 5 fully saturated rings. The van der Waals surface area contributed by atoms with Crippen molar-refractivity contribution in [1.29, 1.82) is 0 Å². The number of aliphatic hydroxyl groups excluding tert-OH is 5. The third-order valence-electron chi connectivity index (χ3n) is 12.9. The van der Waals surface area contributed by atoms with E-state index in [1.807, 2.05) is 6.08 Å². The summed E-state index contributed by atoms with van der Waals surface area (Å²) in [7, 11) is 1.31. The van der Waals surface area contributed by atoms with E-state index in [1.165, 1.54) is 7.11 Å². The number of hydrogen-bond donors (Lipinski definition) is 5. The Hall–Kier alpha value is -1.37. The number of esters is 1. The average Bonchev–Trinajstić information content (AvgIpc) is 3.54. The Morgan fingerprint density at radius 3 is 2.55 bits per heavy atom.